The van der Waals surface area contributed by atoms with Gasteiger partial charge in [-0.05, 0) is 24.5 Å². The number of carbonyl (C=O) groups is 1. The molecule has 1 aromatic rings. The molecule has 2 aliphatic rings. The van der Waals surface area contributed by atoms with Crippen LogP contribution in [0.3, 0.4) is 0 Å². The Morgan fingerprint density at radius 1 is 1.39 bits per heavy atom. The summed E-state index contributed by atoms with van der Waals surface area (Å²) in [7, 11) is 0. The second-order valence-electron chi connectivity index (χ2n) is 4.80. The van der Waals surface area contributed by atoms with Crippen LogP contribution < -0.4 is 10.2 Å². The second kappa shape index (κ2) is 5.08. The Hall–Kier alpha value is -1.39. The van der Waals surface area contributed by atoms with Gasteiger partial charge >= 0.3 is 0 Å². The largest absolute Gasteiger partial charge is 0.368 e. The molecule has 0 spiro atoms. The van der Waals surface area contributed by atoms with Crippen molar-refractivity contribution >= 4 is 11.6 Å². The lowest BCUT2D eigenvalue weighted by Gasteiger charge is -2.25. The van der Waals surface area contributed by atoms with Gasteiger partial charge in [-0.2, -0.15) is 0 Å². The van der Waals surface area contributed by atoms with Gasteiger partial charge in [0.2, 0.25) is 0 Å². The topological polar surface area (TPSA) is 41.6 Å². The van der Waals surface area contributed by atoms with Crippen molar-refractivity contribution in [1.82, 2.24) is 5.32 Å². The first-order valence-corrected chi connectivity index (χ1v) is 6.58. The van der Waals surface area contributed by atoms with Crippen LogP contribution in [0.1, 0.15) is 18.4 Å². The van der Waals surface area contributed by atoms with E-state index in [1.165, 1.54) is 5.56 Å². The van der Waals surface area contributed by atoms with Crippen molar-refractivity contribution < 1.29 is 9.53 Å². The van der Waals surface area contributed by atoms with Gasteiger partial charge in [0.25, 0.3) is 5.91 Å². The number of para-hydroxylation sites is 1. The highest BCUT2D eigenvalue weighted by atomic mass is 16.5. The van der Waals surface area contributed by atoms with Crippen LogP contribution in [0.5, 0.6) is 0 Å². The fourth-order valence-electron chi connectivity index (χ4n) is 2.63. The van der Waals surface area contributed by atoms with E-state index in [9.17, 15) is 4.79 Å². The zero-order valence-corrected chi connectivity index (χ0v) is 10.4. The maximum absolute atomic E-state index is 12.5. The molecule has 0 saturated carbocycles. The lowest BCUT2D eigenvalue weighted by Crippen LogP contribution is -2.41. The number of anilines is 1. The Balaban J connectivity index is 1.88. The third-order valence-electron chi connectivity index (χ3n) is 3.58. The summed E-state index contributed by atoms with van der Waals surface area (Å²) >= 11 is 0. The molecule has 0 unspecified atom stereocenters. The number of hydrogen-bond acceptors (Lipinski definition) is 3. The van der Waals surface area contributed by atoms with Crippen LogP contribution in [-0.2, 0) is 16.1 Å². The van der Waals surface area contributed by atoms with Crippen LogP contribution >= 0.6 is 0 Å². The first-order chi connectivity index (χ1) is 8.86. The molecule has 0 aromatic heterocycles. The molecule has 2 aliphatic heterocycles. The standard InChI is InChI=1S/C14H18N2O2/c17-14(13-6-3-9-18-13)16-8-7-15-10-11-4-1-2-5-12(11)16/h1-2,4-5,13,15H,3,6-10H2/t13-/m1/s1. The van der Waals surface area contributed by atoms with Gasteiger partial charge in [0.05, 0.1) is 0 Å². The smallest absolute Gasteiger partial charge is 0.256 e. The number of nitrogens with one attached hydrogen (secondary N) is 1. The summed E-state index contributed by atoms with van der Waals surface area (Å²) in [6.45, 7) is 3.08. The molecule has 0 bridgehead atoms. The molecule has 1 atom stereocenters. The van der Waals surface area contributed by atoms with Gasteiger partial charge in [-0.25, -0.2) is 0 Å². The Morgan fingerprint density at radius 3 is 3.11 bits per heavy atom. The van der Waals surface area contributed by atoms with E-state index in [0.717, 1.165) is 38.2 Å². The van der Waals surface area contributed by atoms with E-state index in [1.54, 1.807) is 0 Å². The van der Waals surface area contributed by atoms with Gasteiger partial charge in [-0.15, -0.1) is 0 Å². The summed E-state index contributed by atoms with van der Waals surface area (Å²) in [5.41, 5.74) is 2.21. The Bertz CT molecular complexity index is 441. The summed E-state index contributed by atoms with van der Waals surface area (Å²) in [6, 6.07) is 8.10. The quantitative estimate of drug-likeness (QED) is 0.812. The van der Waals surface area contributed by atoms with Gasteiger partial charge in [-0.1, -0.05) is 18.2 Å². The molecule has 1 amide bonds. The lowest BCUT2D eigenvalue weighted by atomic mass is 10.1. The van der Waals surface area contributed by atoms with Crippen LogP contribution in [0.2, 0.25) is 0 Å². The van der Waals surface area contributed by atoms with Gasteiger partial charge in [0.15, 0.2) is 0 Å². The van der Waals surface area contributed by atoms with E-state index in [0.29, 0.717) is 6.61 Å². The zero-order chi connectivity index (χ0) is 12.4. The van der Waals surface area contributed by atoms with Crippen molar-refractivity contribution in [2.75, 3.05) is 24.6 Å². The molecule has 0 radical (unpaired) electrons. The predicted octanol–water partition coefficient (Wildman–Crippen LogP) is 1.30. The van der Waals surface area contributed by atoms with Gasteiger partial charge in [0.1, 0.15) is 6.10 Å². The Labute approximate surface area is 107 Å². The minimum Gasteiger partial charge on any atom is -0.368 e. The van der Waals surface area contributed by atoms with Crippen molar-refractivity contribution in [1.29, 1.82) is 0 Å². The molecule has 0 aliphatic carbocycles. The summed E-state index contributed by atoms with van der Waals surface area (Å²) in [4.78, 5) is 14.4. The molecule has 1 N–H and O–H groups in total. The monoisotopic (exact) mass is 246 g/mol. The van der Waals surface area contributed by atoms with Crippen molar-refractivity contribution in [2.24, 2.45) is 0 Å². The first-order valence-electron chi connectivity index (χ1n) is 6.58. The first kappa shape index (κ1) is 11.7. The molecule has 18 heavy (non-hydrogen) atoms. The number of fused-ring (bicyclic) bond motifs is 1. The molecule has 96 valence electrons. The fourth-order valence-corrected chi connectivity index (χ4v) is 2.63. The maximum Gasteiger partial charge on any atom is 0.256 e. The number of hydrogen-bond donors (Lipinski definition) is 1. The number of carbonyl (C=O) groups excluding carboxylic acids is 1. The van der Waals surface area contributed by atoms with E-state index in [-0.39, 0.29) is 12.0 Å². The molecule has 4 nitrogen and oxygen atoms in total. The average Bonchev–Trinajstić information content (AvgIpc) is 2.85. The Morgan fingerprint density at radius 2 is 2.28 bits per heavy atom. The third kappa shape index (κ3) is 2.13. The zero-order valence-electron chi connectivity index (χ0n) is 10.4. The molecule has 3 rings (SSSR count). The molecule has 1 fully saturated rings. The van der Waals surface area contributed by atoms with E-state index < -0.39 is 0 Å². The van der Waals surface area contributed by atoms with Gasteiger partial charge in [-0.3, -0.25) is 4.79 Å². The molecule has 2 heterocycles. The van der Waals surface area contributed by atoms with Crippen molar-refractivity contribution in [3.05, 3.63) is 29.8 Å². The van der Waals surface area contributed by atoms with Crippen LogP contribution in [0.25, 0.3) is 0 Å². The van der Waals surface area contributed by atoms with E-state index in [1.807, 2.05) is 23.1 Å². The minimum atomic E-state index is -0.240. The number of rotatable bonds is 1. The third-order valence-corrected chi connectivity index (χ3v) is 3.58. The van der Waals surface area contributed by atoms with Crippen LogP contribution in [0.4, 0.5) is 5.69 Å². The van der Waals surface area contributed by atoms with E-state index in [4.69, 9.17) is 4.74 Å². The number of benzene rings is 1. The van der Waals surface area contributed by atoms with E-state index in [2.05, 4.69) is 11.4 Å². The van der Waals surface area contributed by atoms with Crippen molar-refractivity contribution in [2.45, 2.75) is 25.5 Å². The van der Waals surface area contributed by atoms with E-state index >= 15 is 0 Å². The highest BCUT2D eigenvalue weighted by Gasteiger charge is 2.30. The minimum absolute atomic E-state index is 0.114. The molecular weight excluding hydrogens is 228 g/mol. The number of ether oxygens (including phenoxy) is 1. The molecular formula is C14H18N2O2. The van der Waals surface area contributed by atoms with Crippen molar-refractivity contribution in [3.8, 4) is 0 Å². The van der Waals surface area contributed by atoms with Gasteiger partial charge in [0, 0.05) is 31.9 Å². The van der Waals surface area contributed by atoms with Gasteiger partial charge < -0.3 is 15.0 Å². The predicted molar refractivity (Wildman–Crippen MR) is 69.5 cm³/mol. The maximum atomic E-state index is 12.5. The number of nitrogens with zero attached hydrogens (tertiary/aromatic N) is 1. The second-order valence-corrected chi connectivity index (χ2v) is 4.80. The molecule has 1 saturated heterocycles. The molecule has 1 aromatic carbocycles. The summed E-state index contributed by atoms with van der Waals surface area (Å²) < 4.78 is 5.51. The SMILES string of the molecule is O=C([C@H]1CCCO1)N1CCNCc2ccccc21. The number of amides is 1. The highest BCUT2D eigenvalue weighted by Crippen LogP contribution is 2.25. The Kier molecular flexibility index (Phi) is 3.30. The normalized spacial score (nSPS) is 23.6. The van der Waals surface area contributed by atoms with Crippen LogP contribution in [-0.4, -0.2) is 31.7 Å². The molecule has 4 heteroatoms. The van der Waals surface area contributed by atoms with Crippen LogP contribution in [0.15, 0.2) is 24.3 Å². The summed E-state index contributed by atoms with van der Waals surface area (Å²) in [5.74, 6) is 0.114. The summed E-state index contributed by atoms with van der Waals surface area (Å²) in [6.07, 6.45) is 1.60. The summed E-state index contributed by atoms with van der Waals surface area (Å²) in [5, 5.41) is 3.34. The van der Waals surface area contributed by atoms with Crippen molar-refractivity contribution in [3.63, 3.8) is 0 Å². The lowest BCUT2D eigenvalue weighted by molar-refractivity contribution is -0.127. The van der Waals surface area contributed by atoms with Crippen LogP contribution in [0, 0.1) is 0 Å². The fraction of sp³-hybridized carbons (Fsp3) is 0.500. The highest BCUT2D eigenvalue weighted by molar-refractivity contribution is 5.97. The average molecular weight is 246 g/mol.